The maximum absolute atomic E-state index is 13.3. The molecule has 0 bridgehead atoms. The number of halogens is 2. The second kappa shape index (κ2) is 12.4. The van der Waals surface area contributed by atoms with Crippen LogP contribution in [0.15, 0.2) is 64.1 Å². The number of nitrogens with zero attached hydrogens (tertiary/aromatic N) is 2. The first kappa shape index (κ1) is 28.3. The van der Waals surface area contributed by atoms with Crippen LogP contribution in [-0.2, 0) is 21.4 Å². The van der Waals surface area contributed by atoms with Gasteiger partial charge in [0.05, 0.1) is 22.4 Å². The van der Waals surface area contributed by atoms with Gasteiger partial charge in [-0.15, -0.1) is 0 Å². The van der Waals surface area contributed by atoms with Gasteiger partial charge < -0.3 is 23.1 Å². The molecule has 1 aliphatic heterocycles. The highest BCUT2D eigenvalue weighted by Crippen LogP contribution is 2.32. The molecule has 11 heteroatoms. The Balaban J connectivity index is 1.71. The second-order valence-corrected chi connectivity index (χ2v) is 11.2. The molecule has 2 heterocycles. The van der Waals surface area contributed by atoms with Crippen LogP contribution in [-0.4, -0.2) is 51.6 Å². The first-order chi connectivity index (χ1) is 18.2. The van der Waals surface area contributed by atoms with Crippen LogP contribution in [0.2, 0.25) is 10.0 Å². The number of carbonyl (C=O) groups excluding carboxylic acids is 1. The number of hydrogen-bond donors (Lipinski definition) is 0. The number of rotatable bonds is 11. The van der Waals surface area contributed by atoms with Crippen LogP contribution in [0.3, 0.4) is 0 Å². The highest BCUT2D eigenvalue weighted by molar-refractivity contribution is 7.87. The summed E-state index contributed by atoms with van der Waals surface area (Å²) in [5, 5.41) is 0.330. The molecule has 38 heavy (non-hydrogen) atoms. The van der Waals surface area contributed by atoms with Gasteiger partial charge in [0.1, 0.15) is 10.6 Å². The molecule has 4 rings (SSSR count). The molecule has 0 spiro atoms. The van der Waals surface area contributed by atoms with E-state index in [0.717, 1.165) is 31.6 Å². The molecule has 0 radical (unpaired) electrons. The van der Waals surface area contributed by atoms with Gasteiger partial charge in [-0.05, 0) is 63.1 Å². The van der Waals surface area contributed by atoms with E-state index in [1.807, 2.05) is 19.9 Å². The highest BCUT2D eigenvalue weighted by atomic mass is 35.5. The van der Waals surface area contributed by atoms with Crippen molar-refractivity contribution in [1.29, 1.82) is 0 Å². The number of anilines is 1. The van der Waals surface area contributed by atoms with Gasteiger partial charge in [0.25, 0.3) is 5.91 Å². The highest BCUT2D eigenvalue weighted by Gasteiger charge is 2.27. The molecule has 1 aromatic heterocycles. The predicted octanol–water partition coefficient (Wildman–Crippen LogP) is 6.02. The third-order valence-corrected chi connectivity index (χ3v) is 8.36. The van der Waals surface area contributed by atoms with Crippen LogP contribution in [0.5, 0.6) is 5.75 Å². The normalized spacial score (nSPS) is 15.4. The Bertz CT molecular complexity index is 1350. The molecule has 1 amide bonds. The smallest absolute Gasteiger partial charge is 0.339 e. The molecule has 1 fully saturated rings. The van der Waals surface area contributed by atoms with Gasteiger partial charge in [0.15, 0.2) is 5.76 Å². The van der Waals surface area contributed by atoms with Gasteiger partial charge in [-0.2, -0.15) is 8.42 Å². The Kier molecular flexibility index (Phi) is 9.25. The molecule has 0 N–H and O–H groups in total. The minimum atomic E-state index is -4.26. The van der Waals surface area contributed by atoms with Crippen molar-refractivity contribution in [3.8, 4) is 5.75 Å². The summed E-state index contributed by atoms with van der Waals surface area (Å²) in [6, 6.07) is 12.6. The van der Waals surface area contributed by atoms with Gasteiger partial charge in [0.2, 0.25) is 0 Å². The maximum Gasteiger partial charge on any atom is 0.339 e. The molecule has 3 aromatic rings. The van der Waals surface area contributed by atoms with Crippen molar-refractivity contribution in [2.75, 3.05) is 31.1 Å². The lowest BCUT2D eigenvalue weighted by Gasteiger charge is -2.27. The Morgan fingerprint density at radius 1 is 1.08 bits per heavy atom. The van der Waals surface area contributed by atoms with E-state index >= 15 is 0 Å². The van der Waals surface area contributed by atoms with Crippen LogP contribution < -0.4 is 9.08 Å². The fourth-order valence-electron chi connectivity index (χ4n) is 4.35. The molecule has 1 saturated heterocycles. The van der Waals surface area contributed by atoms with E-state index in [0.29, 0.717) is 18.7 Å². The Morgan fingerprint density at radius 2 is 1.87 bits per heavy atom. The van der Waals surface area contributed by atoms with E-state index in [9.17, 15) is 13.2 Å². The van der Waals surface area contributed by atoms with Gasteiger partial charge in [-0.3, -0.25) is 4.79 Å². The summed E-state index contributed by atoms with van der Waals surface area (Å²) < 4.78 is 43.4. The van der Waals surface area contributed by atoms with Crippen molar-refractivity contribution in [2.45, 2.75) is 44.2 Å². The van der Waals surface area contributed by atoms with E-state index in [1.165, 1.54) is 24.5 Å². The molecule has 0 saturated carbocycles. The van der Waals surface area contributed by atoms with Crippen LogP contribution in [0.1, 0.15) is 42.8 Å². The zero-order valence-corrected chi connectivity index (χ0v) is 23.6. The molecule has 1 atom stereocenters. The SMILES string of the molecule is CCN(CC)c1ccc(CN(C[C@H]2CCCO2)C(=O)c2ccco2)c(OS(=O)(=O)c2ccc(Cl)c(Cl)c2)c1. The van der Waals surface area contributed by atoms with E-state index in [4.69, 9.17) is 36.5 Å². The number of furan rings is 1. The number of hydrogen-bond acceptors (Lipinski definition) is 7. The zero-order chi connectivity index (χ0) is 27.3. The van der Waals surface area contributed by atoms with Crippen LogP contribution in [0, 0.1) is 0 Å². The number of carbonyl (C=O) groups is 1. The monoisotopic (exact) mass is 580 g/mol. The largest absolute Gasteiger partial charge is 0.459 e. The average molecular weight is 582 g/mol. The van der Waals surface area contributed by atoms with E-state index in [2.05, 4.69) is 4.90 Å². The van der Waals surface area contributed by atoms with Crippen LogP contribution in [0.4, 0.5) is 5.69 Å². The number of benzene rings is 2. The first-order valence-electron chi connectivity index (χ1n) is 12.4. The average Bonchev–Trinajstić information content (AvgIpc) is 3.61. The molecule has 1 aliphatic rings. The minimum absolute atomic E-state index is 0.0875. The maximum atomic E-state index is 13.3. The van der Waals surface area contributed by atoms with Crippen molar-refractivity contribution in [1.82, 2.24) is 4.90 Å². The van der Waals surface area contributed by atoms with Crippen molar-refractivity contribution >= 4 is 44.9 Å². The lowest BCUT2D eigenvalue weighted by Crippen LogP contribution is -2.37. The summed E-state index contributed by atoms with van der Waals surface area (Å²) in [6.45, 7) is 6.52. The Hall–Kier alpha value is -2.72. The molecular weight excluding hydrogens is 551 g/mol. The molecule has 8 nitrogen and oxygen atoms in total. The topological polar surface area (TPSA) is 89.3 Å². The van der Waals surface area contributed by atoms with Crippen molar-refractivity contribution in [2.24, 2.45) is 0 Å². The van der Waals surface area contributed by atoms with Gasteiger partial charge >= 0.3 is 10.1 Å². The van der Waals surface area contributed by atoms with Crippen LogP contribution in [0.25, 0.3) is 0 Å². The summed E-state index contributed by atoms with van der Waals surface area (Å²) in [5.74, 6) is -0.0182. The lowest BCUT2D eigenvalue weighted by atomic mass is 10.1. The summed E-state index contributed by atoms with van der Waals surface area (Å²) in [7, 11) is -4.26. The third-order valence-electron chi connectivity index (χ3n) is 6.39. The van der Waals surface area contributed by atoms with Gasteiger partial charge in [0, 0.05) is 50.1 Å². The molecular formula is C27H30Cl2N2O6S. The fourth-order valence-corrected chi connectivity index (χ4v) is 5.70. The minimum Gasteiger partial charge on any atom is -0.459 e. The summed E-state index contributed by atoms with van der Waals surface area (Å²) in [4.78, 5) is 16.9. The molecule has 2 aromatic carbocycles. The first-order valence-corrected chi connectivity index (χ1v) is 14.6. The fraction of sp³-hybridized carbons (Fsp3) is 0.370. The van der Waals surface area contributed by atoms with Crippen LogP contribution >= 0.6 is 23.2 Å². The third kappa shape index (κ3) is 6.64. The number of amides is 1. The van der Waals surface area contributed by atoms with E-state index < -0.39 is 10.1 Å². The molecule has 204 valence electrons. The predicted molar refractivity (Wildman–Crippen MR) is 147 cm³/mol. The summed E-state index contributed by atoms with van der Waals surface area (Å²) in [5.41, 5.74) is 1.31. The quantitative estimate of drug-likeness (QED) is 0.256. The van der Waals surface area contributed by atoms with Gasteiger partial charge in [-0.1, -0.05) is 29.3 Å². The van der Waals surface area contributed by atoms with Gasteiger partial charge in [-0.25, -0.2) is 0 Å². The second-order valence-electron chi connectivity index (χ2n) is 8.88. The van der Waals surface area contributed by atoms with Crippen molar-refractivity contribution < 1.29 is 26.5 Å². The van der Waals surface area contributed by atoms with Crippen molar-refractivity contribution in [3.05, 3.63) is 76.2 Å². The number of ether oxygens (including phenoxy) is 1. The van der Waals surface area contributed by atoms with E-state index in [-0.39, 0.29) is 45.0 Å². The standard InChI is InChI=1S/C27H30Cl2N2O6S/c1-3-30(4-2)20-10-9-19(26(15-20)37-38(33,34)22-11-12-23(28)24(29)16-22)17-31(18-21-7-5-13-35-21)27(32)25-8-6-14-36-25/h6,8-12,14-16,21H,3-5,7,13,17-18H2,1-2H3/t21-/m1/s1. The van der Waals surface area contributed by atoms with E-state index in [1.54, 1.807) is 29.2 Å². The lowest BCUT2D eigenvalue weighted by molar-refractivity contribution is 0.0483. The molecule has 0 unspecified atom stereocenters. The molecule has 0 aliphatic carbocycles. The Labute approximate surface area is 233 Å². The zero-order valence-electron chi connectivity index (χ0n) is 21.2. The Morgan fingerprint density at radius 3 is 2.50 bits per heavy atom. The summed E-state index contributed by atoms with van der Waals surface area (Å²) in [6.07, 6.45) is 3.07. The van der Waals surface area contributed by atoms with Crippen molar-refractivity contribution in [3.63, 3.8) is 0 Å². The summed E-state index contributed by atoms with van der Waals surface area (Å²) >= 11 is 12.0.